The highest BCUT2D eigenvalue weighted by molar-refractivity contribution is 6.20. The molecule has 21 aromatic rings. The smallest absolute Gasteiger partial charge is 0.160 e. The molecule has 0 aliphatic carbocycles. The predicted octanol–water partition coefficient (Wildman–Crippen LogP) is 34.0. The Morgan fingerprint density at radius 2 is 0.371 bits per heavy atom. The molecule has 0 N–H and O–H groups in total. The van der Waals surface area contributed by atoms with E-state index in [-0.39, 0.29) is 21.7 Å². The second-order valence-electron chi connectivity index (χ2n) is 39.0. The molecule has 6 nitrogen and oxygen atoms in total. The fourth-order valence-electron chi connectivity index (χ4n) is 18.7. The van der Waals surface area contributed by atoms with Crippen molar-refractivity contribution < 1.29 is 0 Å². The highest BCUT2D eigenvalue weighted by atomic mass is 15.0. The third-order valence-electron chi connectivity index (χ3n) is 25.8. The van der Waals surface area contributed by atoms with Gasteiger partial charge in [0.05, 0.1) is 56.2 Å². The summed E-state index contributed by atoms with van der Waals surface area (Å²) in [6.07, 6.45) is 0. The van der Waals surface area contributed by atoms with Crippen molar-refractivity contribution in [1.82, 2.24) is 29.1 Å². The number of hydrogen-bond donors (Lipinski definition) is 0. The quantitative estimate of drug-likeness (QED) is 0.103. The van der Waals surface area contributed by atoms with E-state index in [0.717, 1.165) is 118 Å². The number of nitrogens with zero attached hydrogens (tertiary/aromatic N) is 6. The molecule has 0 spiro atoms. The third-order valence-corrected chi connectivity index (χ3v) is 25.8. The molecule has 0 atom stereocenters. The van der Waals surface area contributed by atoms with E-state index in [2.05, 4.69) is 505 Å². The van der Waals surface area contributed by atoms with E-state index < -0.39 is 0 Å². The standard InChI is InChI=1S/C66H55N3.C60H51N3/c1-65(2,3)51-39-55(46-29-17-9-18-30-46)62-57(41-51)58-42-52(66(4,5)6)40-56(47-31-19-10-20-32-47)63(58)69(62)61-53(44-25-13-7-14-26-44)37-50(38-54(61)45-27-15-8-16-28-45)64-67-59(48-33-21-11-22-34-48)43-60(68-64)49-35-23-12-24-36-49;1-59(2,3)46-32-33-55-51(36-46)52-38-47(60(4,5)6)37-50(42-26-16-9-17-27-42)57(52)63(55)56-48(40-22-12-7-13-23-40)34-45(35-49(56)41-24-14-8-15-25-41)58-61-53(43-28-18-10-19-29-43)39-54(62-58)44-30-20-11-21-31-44/h7-43H,1-6H3;7-39H,1-6H3. The van der Waals surface area contributed by atoms with Gasteiger partial charge in [0.15, 0.2) is 11.6 Å². The van der Waals surface area contributed by atoms with Crippen LogP contribution in [0.4, 0.5) is 0 Å². The molecule has 4 heterocycles. The molecule has 0 aliphatic heterocycles. The fourth-order valence-corrected chi connectivity index (χ4v) is 18.7. The Morgan fingerprint density at radius 3 is 0.614 bits per heavy atom. The van der Waals surface area contributed by atoms with Crippen LogP contribution in [0.3, 0.4) is 0 Å². The Hall–Kier alpha value is -15.5. The maximum Gasteiger partial charge on any atom is 0.160 e. The lowest BCUT2D eigenvalue weighted by molar-refractivity contribution is 0.590. The minimum absolute atomic E-state index is 0.0363. The number of fused-ring (bicyclic) bond motifs is 6. The molecule has 640 valence electrons. The average molecular weight is 1700 g/mol. The first kappa shape index (κ1) is 84.6. The van der Waals surface area contributed by atoms with E-state index in [9.17, 15) is 0 Å². The summed E-state index contributed by atoms with van der Waals surface area (Å²) in [7, 11) is 0. The van der Waals surface area contributed by atoms with Crippen LogP contribution in [-0.4, -0.2) is 29.1 Å². The van der Waals surface area contributed by atoms with Gasteiger partial charge in [0.1, 0.15) is 0 Å². The zero-order chi connectivity index (χ0) is 90.6. The van der Waals surface area contributed by atoms with E-state index in [1.807, 2.05) is 12.1 Å². The van der Waals surface area contributed by atoms with Crippen molar-refractivity contribution in [2.75, 3.05) is 0 Å². The van der Waals surface area contributed by atoms with Gasteiger partial charge in [0.2, 0.25) is 0 Å². The zero-order valence-electron chi connectivity index (χ0n) is 77.1. The molecule has 0 aliphatic rings. The van der Waals surface area contributed by atoms with Gasteiger partial charge in [-0.15, -0.1) is 0 Å². The first-order valence-corrected chi connectivity index (χ1v) is 46.1. The first-order chi connectivity index (χ1) is 64.0. The van der Waals surface area contributed by atoms with Crippen molar-refractivity contribution in [3.8, 4) is 157 Å². The summed E-state index contributed by atoms with van der Waals surface area (Å²) in [5.74, 6) is 1.34. The van der Waals surface area contributed by atoms with Gasteiger partial charge in [-0.1, -0.05) is 423 Å². The molecule has 17 aromatic carbocycles. The van der Waals surface area contributed by atoms with Crippen LogP contribution in [0.2, 0.25) is 0 Å². The highest BCUT2D eigenvalue weighted by Gasteiger charge is 2.33. The van der Waals surface area contributed by atoms with Gasteiger partial charge in [-0.3, -0.25) is 0 Å². The van der Waals surface area contributed by atoms with E-state index in [0.29, 0.717) is 11.6 Å². The maximum absolute atomic E-state index is 5.42. The Bertz CT molecular complexity index is 7450. The van der Waals surface area contributed by atoms with E-state index in [4.69, 9.17) is 19.9 Å². The molecule has 0 fully saturated rings. The summed E-state index contributed by atoms with van der Waals surface area (Å²) in [5.41, 5.74) is 37.2. The minimum Gasteiger partial charge on any atom is -0.307 e. The monoisotopic (exact) mass is 1700 g/mol. The molecule has 21 rings (SSSR count). The van der Waals surface area contributed by atoms with Crippen molar-refractivity contribution >= 4 is 43.6 Å². The van der Waals surface area contributed by atoms with E-state index >= 15 is 0 Å². The first-order valence-electron chi connectivity index (χ1n) is 46.1. The summed E-state index contributed by atoms with van der Waals surface area (Å²) >= 11 is 0. The summed E-state index contributed by atoms with van der Waals surface area (Å²) < 4.78 is 5.19. The second-order valence-corrected chi connectivity index (χ2v) is 39.0. The minimum atomic E-state index is -0.116. The fraction of sp³-hybridized carbons (Fsp3) is 0.127. The summed E-state index contributed by atoms with van der Waals surface area (Å²) in [6.45, 7) is 27.9. The molecule has 0 saturated carbocycles. The molecule has 0 unspecified atom stereocenters. The van der Waals surface area contributed by atoms with Crippen molar-refractivity contribution in [3.63, 3.8) is 0 Å². The molecule has 6 heteroatoms. The molecule has 0 saturated heterocycles. The van der Waals surface area contributed by atoms with Gasteiger partial charge >= 0.3 is 0 Å². The van der Waals surface area contributed by atoms with Crippen molar-refractivity contribution in [1.29, 1.82) is 0 Å². The molecule has 4 aromatic heterocycles. The normalized spacial score (nSPS) is 11.9. The third kappa shape index (κ3) is 16.7. The largest absolute Gasteiger partial charge is 0.307 e. The predicted molar refractivity (Wildman–Crippen MR) is 558 cm³/mol. The Morgan fingerprint density at radius 1 is 0.167 bits per heavy atom. The number of aromatic nitrogens is 6. The second kappa shape index (κ2) is 34.8. The topological polar surface area (TPSA) is 61.4 Å². The molecular weight excluding hydrogens is 1600 g/mol. The molecular formula is C126H106N6. The van der Waals surface area contributed by atoms with Crippen LogP contribution in [0.25, 0.3) is 201 Å². The van der Waals surface area contributed by atoms with Crippen LogP contribution in [0.15, 0.2) is 425 Å². The van der Waals surface area contributed by atoms with Gasteiger partial charge in [0, 0.05) is 93.9 Å². The lowest BCUT2D eigenvalue weighted by Gasteiger charge is -2.25. The van der Waals surface area contributed by atoms with Crippen molar-refractivity contribution in [2.24, 2.45) is 0 Å². The van der Waals surface area contributed by atoms with Crippen LogP contribution in [0.5, 0.6) is 0 Å². The van der Waals surface area contributed by atoms with Crippen LogP contribution in [-0.2, 0) is 21.7 Å². The summed E-state index contributed by atoms with van der Waals surface area (Å²) in [5, 5.41) is 4.95. The van der Waals surface area contributed by atoms with Crippen LogP contribution < -0.4 is 0 Å². The number of hydrogen-bond acceptors (Lipinski definition) is 4. The van der Waals surface area contributed by atoms with Crippen molar-refractivity contribution in [2.45, 2.75) is 105 Å². The van der Waals surface area contributed by atoms with E-state index in [1.165, 1.54) is 93.7 Å². The molecule has 0 radical (unpaired) electrons. The van der Waals surface area contributed by atoms with Crippen LogP contribution in [0.1, 0.15) is 105 Å². The average Bonchev–Trinajstić information content (AvgIpc) is 1.54. The maximum atomic E-state index is 5.42. The summed E-state index contributed by atoms with van der Waals surface area (Å²) in [6, 6.07) is 154. The molecule has 132 heavy (non-hydrogen) atoms. The molecule has 0 bridgehead atoms. The molecule has 0 amide bonds. The van der Waals surface area contributed by atoms with Gasteiger partial charge in [-0.2, -0.15) is 0 Å². The van der Waals surface area contributed by atoms with Gasteiger partial charge < -0.3 is 9.13 Å². The zero-order valence-corrected chi connectivity index (χ0v) is 77.1. The van der Waals surface area contributed by atoms with Crippen LogP contribution >= 0.6 is 0 Å². The Kier molecular flexibility index (Phi) is 22.3. The number of rotatable bonds is 15. The lowest BCUT2D eigenvalue weighted by atomic mass is 9.82. The Labute approximate surface area is 776 Å². The summed E-state index contributed by atoms with van der Waals surface area (Å²) in [4.78, 5) is 21.6. The highest BCUT2D eigenvalue weighted by Crippen LogP contribution is 2.53. The number of benzene rings is 17. The van der Waals surface area contributed by atoms with Crippen LogP contribution in [0, 0.1) is 0 Å². The van der Waals surface area contributed by atoms with E-state index in [1.54, 1.807) is 0 Å². The SMILES string of the molecule is CC(C)(C)c1cc(-c2ccccc2)c2c(c1)c1cc(C(C)(C)C)cc(-c3ccccc3)c1n2-c1c(-c2ccccc2)cc(-c2nc(-c3ccccc3)cc(-c3ccccc3)n2)cc1-c1ccccc1.CC(C)(C)c1ccc2c(c1)c1cc(C(C)(C)C)cc(-c3ccccc3)c1n2-c1c(-c2ccccc2)cc(-c2nc(-c3ccccc3)cc(-c3ccccc3)n2)cc1-c1ccccc1. The van der Waals surface area contributed by atoms with Crippen molar-refractivity contribution in [3.05, 3.63) is 447 Å². The van der Waals surface area contributed by atoms with Gasteiger partial charge in [0.25, 0.3) is 0 Å². The van der Waals surface area contributed by atoms with Gasteiger partial charge in [-0.25, -0.2) is 19.9 Å². The van der Waals surface area contributed by atoms with Gasteiger partial charge in [-0.05, 0) is 168 Å². The lowest BCUT2D eigenvalue weighted by Crippen LogP contribution is -2.11. The Balaban J connectivity index is 0.000000165.